The molecule has 1 aromatic rings. The summed E-state index contributed by atoms with van der Waals surface area (Å²) < 4.78 is 4.97. The number of piperidine rings is 1. The normalized spacial score (nSPS) is 21.6. The van der Waals surface area contributed by atoms with E-state index in [1.807, 2.05) is 6.07 Å². The summed E-state index contributed by atoms with van der Waals surface area (Å²) in [5.41, 5.74) is 0.569. The number of rotatable bonds is 2. The van der Waals surface area contributed by atoms with Gasteiger partial charge < -0.3 is 14.8 Å². The van der Waals surface area contributed by atoms with Gasteiger partial charge in [0.05, 0.1) is 18.1 Å². The third-order valence-electron chi connectivity index (χ3n) is 2.65. The Morgan fingerprint density at radius 1 is 1.46 bits per heavy atom. The average Bonchev–Trinajstić information content (AvgIpc) is 2.57. The fourth-order valence-corrected chi connectivity index (χ4v) is 1.84. The maximum absolute atomic E-state index is 10.2. The van der Waals surface area contributed by atoms with Crippen LogP contribution in [0.4, 0.5) is 0 Å². The Kier molecular flexibility index (Phi) is 2.38. The van der Waals surface area contributed by atoms with E-state index in [1.165, 1.54) is 0 Å². The van der Waals surface area contributed by atoms with Crippen LogP contribution in [0.3, 0.4) is 0 Å². The highest BCUT2D eigenvalue weighted by Gasteiger charge is 2.29. The highest BCUT2D eigenvalue weighted by atomic mass is 16.3. The van der Waals surface area contributed by atoms with E-state index in [4.69, 9.17) is 4.42 Å². The lowest BCUT2D eigenvalue weighted by Gasteiger charge is -2.32. The zero-order chi connectivity index (χ0) is 9.15. The van der Waals surface area contributed by atoms with E-state index >= 15 is 0 Å². The molecule has 0 aromatic carbocycles. The quantitative estimate of drug-likeness (QED) is 0.713. The Morgan fingerprint density at radius 2 is 2.23 bits per heavy atom. The van der Waals surface area contributed by atoms with Gasteiger partial charge in [0.1, 0.15) is 0 Å². The first-order chi connectivity index (χ1) is 6.29. The van der Waals surface area contributed by atoms with Crippen LogP contribution in [0.25, 0.3) is 0 Å². The smallest absolute Gasteiger partial charge is 0.0935 e. The summed E-state index contributed by atoms with van der Waals surface area (Å²) in [5, 5.41) is 13.4. The largest absolute Gasteiger partial charge is 0.472 e. The lowest BCUT2D eigenvalue weighted by Crippen LogP contribution is -2.43. The van der Waals surface area contributed by atoms with E-state index < -0.39 is 5.60 Å². The zero-order valence-corrected chi connectivity index (χ0v) is 7.62. The van der Waals surface area contributed by atoms with Gasteiger partial charge in [0.15, 0.2) is 0 Å². The van der Waals surface area contributed by atoms with Gasteiger partial charge in [-0.2, -0.15) is 0 Å². The van der Waals surface area contributed by atoms with Gasteiger partial charge in [-0.3, -0.25) is 0 Å². The van der Waals surface area contributed by atoms with E-state index in [0.29, 0.717) is 6.42 Å². The van der Waals surface area contributed by atoms with Gasteiger partial charge in [0.2, 0.25) is 0 Å². The van der Waals surface area contributed by atoms with Gasteiger partial charge in [-0.1, -0.05) is 0 Å². The molecule has 72 valence electrons. The molecule has 0 atom stereocenters. The van der Waals surface area contributed by atoms with E-state index in [1.54, 1.807) is 12.5 Å². The summed E-state index contributed by atoms with van der Waals surface area (Å²) in [6, 6.07) is 1.92. The molecule has 1 aromatic heterocycles. The first-order valence-electron chi connectivity index (χ1n) is 4.73. The summed E-state index contributed by atoms with van der Waals surface area (Å²) in [7, 11) is 0. The second kappa shape index (κ2) is 3.52. The fraction of sp³-hybridized carbons (Fsp3) is 0.600. The first-order valence-corrected chi connectivity index (χ1v) is 4.73. The van der Waals surface area contributed by atoms with Crippen molar-refractivity contribution in [1.82, 2.24) is 5.32 Å². The summed E-state index contributed by atoms with van der Waals surface area (Å²) >= 11 is 0. The van der Waals surface area contributed by atoms with Crippen LogP contribution < -0.4 is 5.32 Å². The minimum atomic E-state index is -0.519. The molecule has 0 radical (unpaired) electrons. The molecule has 1 aliphatic rings. The number of hydrogen-bond acceptors (Lipinski definition) is 3. The highest BCUT2D eigenvalue weighted by Crippen LogP contribution is 2.23. The highest BCUT2D eigenvalue weighted by molar-refractivity contribution is 5.10. The minimum absolute atomic E-state index is 0.519. The fourth-order valence-electron chi connectivity index (χ4n) is 1.84. The summed E-state index contributed by atoms with van der Waals surface area (Å²) in [5.74, 6) is 0. The first kappa shape index (κ1) is 8.78. The second-order valence-electron chi connectivity index (χ2n) is 3.78. The van der Waals surface area contributed by atoms with Crippen LogP contribution in [0.5, 0.6) is 0 Å². The molecule has 2 rings (SSSR count). The zero-order valence-electron chi connectivity index (χ0n) is 7.62. The van der Waals surface area contributed by atoms with Crippen molar-refractivity contribution >= 4 is 0 Å². The predicted octanol–water partition coefficient (Wildman–Crippen LogP) is 0.937. The van der Waals surface area contributed by atoms with Crippen molar-refractivity contribution in [3.8, 4) is 0 Å². The molecule has 0 spiro atoms. The molecule has 0 aliphatic carbocycles. The van der Waals surface area contributed by atoms with Crippen LogP contribution in [0.1, 0.15) is 18.4 Å². The molecule has 2 heterocycles. The monoisotopic (exact) mass is 181 g/mol. The third-order valence-corrected chi connectivity index (χ3v) is 2.65. The van der Waals surface area contributed by atoms with Crippen LogP contribution in [0.2, 0.25) is 0 Å². The molecular weight excluding hydrogens is 166 g/mol. The van der Waals surface area contributed by atoms with Crippen molar-refractivity contribution in [3.05, 3.63) is 24.2 Å². The summed E-state index contributed by atoms with van der Waals surface area (Å²) in [4.78, 5) is 0. The molecule has 0 bridgehead atoms. The Labute approximate surface area is 77.8 Å². The van der Waals surface area contributed by atoms with Crippen molar-refractivity contribution < 1.29 is 9.52 Å². The topological polar surface area (TPSA) is 45.4 Å². The van der Waals surface area contributed by atoms with Gasteiger partial charge in [-0.05, 0) is 37.6 Å². The second-order valence-corrected chi connectivity index (χ2v) is 3.78. The Bertz CT molecular complexity index is 250. The summed E-state index contributed by atoms with van der Waals surface area (Å²) in [6.45, 7) is 1.82. The SMILES string of the molecule is OC1(Cc2ccoc2)CCNCC1. The molecule has 0 unspecified atom stereocenters. The van der Waals surface area contributed by atoms with Crippen molar-refractivity contribution in [2.75, 3.05) is 13.1 Å². The van der Waals surface area contributed by atoms with Crippen LogP contribution in [-0.4, -0.2) is 23.8 Å². The van der Waals surface area contributed by atoms with Gasteiger partial charge in [-0.25, -0.2) is 0 Å². The van der Waals surface area contributed by atoms with Gasteiger partial charge in [0, 0.05) is 6.42 Å². The van der Waals surface area contributed by atoms with Gasteiger partial charge in [0.25, 0.3) is 0 Å². The van der Waals surface area contributed by atoms with Crippen LogP contribution >= 0.6 is 0 Å². The van der Waals surface area contributed by atoms with Crippen molar-refractivity contribution in [1.29, 1.82) is 0 Å². The van der Waals surface area contributed by atoms with Crippen LogP contribution in [0, 0.1) is 0 Å². The molecule has 1 saturated heterocycles. The third kappa shape index (κ3) is 2.11. The maximum atomic E-state index is 10.2. The van der Waals surface area contributed by atoms with Crippen molar-refractivity contribution in [3.63, 3.8) is 0 Å². The number of hydrogen-bond donors (Lipinski definition) is 2. The van der Waals surface area contributed by atoms with E-state index in [2.05, 4.69) is 5.32 Å². The lowest BCUT2D eigenvalue weighted by molar-refractivity contribution is 0.0107. The molecule has 3 nitrogen and oxygen atoms in total. The Balaban J connectivity index is 1.99. The van der Waals surface area contributed by atoms with Crippen LogP contribution in [-0.2, 0) is 6.42 Å². The van der Waals surface area contributed by atoms with E-state index in [0.717, 1.165) is 31.5 Å². The Morgan fingerprint density at radius 3 is 2.85 bits per heavy atom. The van der Waals surface area contributed by atoms with Crippen molar-refractivity contribution in [2.24, 2.45) is 0 Å². The number of nitrogens with one attached hydrogen (secondary N) is 1. The van der Waals surface area contributed by atoms with E-state index in [-0.39, 0.29) is 0 Å². The summed E-state index contributed by atoms with van der Waals surface area (Å²) in [6.07, 6.45) is 5.74. The molecule has 1 fully saturated rings. The van der Waals surface area contributed by atoms with E-state index in [9.17, 15) is 5.11 Å². The average molecular weight is 181 g/mol. The molecule has 13 heavy (non-hydrogen) atoms. The molecule has 0 amide bonds. The number of furan rings is 1. The standard InChI is InChI=1S/C10H15NO2/c12-10(2-4-11-5-3-10)7-9-1-6-13-8-9/h1,6,8,11-12H,2-5,7H2. The number of aliphatic hydroxyl groups is 1. The van der Waals surface area contributed by atoms with Crippen molar-refractivity contribution in [2.45, 2.75) is 24.9 Å². The molecule has 2 N–H and O–H groups in total. The predicted molar refractivity (Wildman–Crippen MR) is 49.5 cm³/mol. The maximum Gasteiger partial charge on any atom is 0.0935 e. The molecule has 0 saturated carbocycles. The molecular formula is C10H15NO2. The molecule has 1 aliphatic heterocycles. The lowest BCUT2D eigenvalue weighted by atomic mass is 9.87. The van der Waals surface area contributed by atoms with Gasteiger partial charge in [-0.15, -0.1) is 0 Å². The van der Waals surface area contributed by atoms with Crippen LogP contribution in [0.15, 0.2) is 23.0 Å². The van der Waals surface area contributed by atoms with Gasteiger partial charge >= 0.3 is 0 Å². The Hall–Kier alpha value is -0.800. The minimum Gasteiger partial charge on any atom is -0.472 e. The molecule has 3 heteroatoms.